The van der Waals surface area contributed by atoms with Crippen LogP contribution >= 0.6 is 0 Å². The zero-order valence-electron chi connectivity index (χ0n) is 10.5. The first kappa shape index (κ1) is 12.1. The third kappa shape index (κ3) is 2.83. The maximum absolute atomic E-state index is 5.85. The number of morpholine rings is 1. The van der Waals surface area contributed by atoms with Crippen LogP contribution < -0.4 is 16.2 Å². The Hall–Kier alpha value is -1.40. The van der Waals surface area contributed by atoms with Crippen LogP contribution in [0.4, 0.5) is 11.6 Å². The Labute approximate surface area is 101 Å². The maximum Gasteiger partial charge on any atom is 0.160 e. The molecule has 1 aromatic heterocycles. The van der Waals surface area contributed by atoms with Crippen molar-refractivity contribution in [3.05, 3.63) is 12.4 Å². The molecule has 0 amide bonds. The van der Waals surface area contributed by atoms with E-state index in [-0.39, 0.29) is 11.7 Å². The summed E-state index contributed by atoms with van der Waals surface area (Å²) in [6.45, 7) is 7.82. The van der Waals surface area contributed by atoms with Crippen molar-refractivity contribution in [1.29, 1.82) is 0 Å². The van der Waals surface area contributed by atoms with E-state index >= 15 is 0 Å². The Morgan fingerprint density at radius 3 is 2.94 bits per heavy atom. The second-order valence-corrected chi connectivity index (χ2v) is 4.98. The lowest BCUT2D eigenvalue weighted by Gasteiger charge is -2.42. The second kappa shape index (κ2) is 4.46. The second-order valence-electron chi connectivity index (χ2n) is 4.98. The number of hydrogen-bond donors (Lipinski definition) is 2. The summed E-state index contributed by atoms with van der Waals surface area (Å²) in [6, 6.07) is 0. The van der Waals surface area contributed by atoms with Crippen LogP contribution in [0.25, 0.3) is 0 Å². The van der Waals surface area contributed by atoms with E-state index in [4.69, 9.17) is 10.6 Å². The van der Waals surface area contributed by atoms with Crippen molar-refractivity contribution in [2.75, 3.05) is 23.4 Å². The molecule has 1 aliphatic heterocycles. The lowest BCUT2D eigenvalue weighted by Crippen LogP contribution is -2.52. The molecule has 6 nitrogen and oxygen atoms in total. The quantitative estimate of drug-likeness (QED) is 0.584. The normalized spacial score (nSPS) is 23.5. The number of nitrogens with one attached hydrogen (secondary N) is 1. The van der Waals surface area contributed by atoms with E-state index in [1.54, 1.807) is 12.4 Å². The van der Waals surface area contributed by atoms with Gasteiger partial charge in [-0.1, -0.05) is 0 Å². The largest absolute Gasteiger partial charge is 0.369 e. The molecular formula is C11H19N5O. The van der Waals surface area contributed by atoms with Crippen molar-refractivity contribution in [2.24, 2.45) is 5.84 Å². The Morgan fingerprint density at radius 1 is 1.53 bits per heavy atom. The highest BCUT2D eigenvalue weighted by molar-refractivity contribution is 5.44. The van der Waals surface area contributed by atoms with Gasteiger partial charge < -0.3 is 15.1 Å². The number of hydrazine groups is 1. The van der Waals surface area contributed by atoms with Gasteiger partial charge in [-0.15, -0.1) is 0 Å². The van der Waals surface area contributed by atoms with Crippen molar-refractivity contribution in [1.82, 2.24) is 9.97 Å². The zero-order valence-corrected chi connectivity index (χ0v) is 10.5. The van der Waals surface area contributed by atoms with Gasteiger partial charge in [-0.3, -0.25) is 4.98 Å². The fourth-order valence-electron chi connectivity index (χ4n) is 2.21. The third-order valence-corrected chi connectivity index (χ3v) is 2.66. The van der Waals surface area contributed by atoms with Gasteiger partial charge in [0.15, 0.2) is 5.82 Å². The molecule has 1 aromatic rings. The van der Waals surface area contributed by atoms with Crippen LogP contribution in [0.5, 0.6) is 0 Å². The van der Waals surface area contributed by atoms with Crippen LogP contribution in [0.1, 0.15) is 20.8 Å². The summed E-state index contributed by atoms with van der Waals surface area (Å²) in [4.78, 5) is 10.7. The standard InChI is InChI=1S/C11H19N5O/c1-8-6-16(7-11(2,3)17-8)10-5-13-4-9(14-10)15-12/h4-5,8H,6-7,12H2,1-3H3,(H,14,15). The van der Waals surface area contributed by atoms with Gasteiger partial charge in [-0.2, -0.15) is 0 Å². The van der Waals surface area contributed by atoms with E-state index in [9.17, 15) is 0 Å². The molecule has 0 radical (unpaired) electrons. The van der Waals surface area contributed by atoms with Crippen LogP contribution in [-0.4, -0.2) is 34.8 Å². The van der Waals surface area contributed by atoms with Crippen LogP contribution in [-0.2, 0) is 4.74 Å². The van der Waals surface area contributed by atoms with Crippen LogP contribution in [0, 0.1) is 0 Å². The average Bonchev–Trinajstić information content (AvgIpc) is 2.26. The lowest BCUT2D eigenvalue weighted by atomic mass is 10.1. The van der Waals surface area contributed by atoms with Crippen LogP contribution in [0.15, 0.2) is 12.4 Å². The van der Waals surface area contributed by atoms with Crippen LogP contribution in [0.2, 0.25) is 0 Å². The van der Waals surface area contributed by atoms with E-state index in [0.29, 0.717) is 5.82 Å². The smallest absolute Gasteiger partial charge is 0.160 e. The fourth-order valence-corrected chi connectivity index (χ4v) is 2.21. The summed E-state index contributed by atoms with van der Waals surface area (Å²) in [5, 5.41) is 0. The van der Waals surface area contributed by atoms with E-state index in [0.717, 1.165) is 18.9 Å². The molecule has 0 aliphatic carbocycles. The number of nitrogens with two attached hydrogens (primary N) is 1. The molecule has 0 saturated carbocycles. The lowest BCUT2D eigenvalue weighted by molar-refractivity contribution is -0.0751. The summed E-state index contributed by atoms with van der Waals surface area (Å²) in [5.74, 6) is 6.72. The van der Waals surface area contributed by atoms with Gasteiger partial charge in [0.05, 0.1) is 24.1 Å². The summed E-state index contributed by atoms with van der Waals surface area (Å²) >= 11 is 0. The first-order valence-electron chi connectivity index (χ1n) is 5.71. The van der Waals surface area contributed by atoms with Gasteiger partial charge in [0.25, 0.3) is 0 Å². The van der Waals surface area contributed by atoms with Gasteiger partial charge in [0.1, 0.15) is 5.82 Å². The SMILES string of the molecule is CC1CN(c2cncc(NN)n2)CC(C)(C)O1. The van der Waals surface area contributed by atoms with Crippen molar-refractivity contribution in [3.63, 3.8) is 0 Å². The maximum atomic E-state index is 5.85. The fraction of sp³-hybridized carbons (Fsp3) is 0.636. The molecule has 2 heterocycles. The predicted molar refractivity (Wildman–Crippen MR) is 66.7 cm³/mol. The number of nitrogen functional groups attached to an aromatic ring is 1. The van der Waals surface area contributed by atoms with Gasteiger partial charge in [0, 0.05) is 13.1 Å². The van der Waals surface area contributed by atoms with Gasteiger partial charge in [-0.05, 0) is 20.8 Å². The Morgan fingerprint density at radius 2 is 2.29 bits per heavy atom. The molecule has 3 N–H and O–H groups in total. The average molecular weight is 237 g/mol. The summed E-state index contributed by atoms with van der Waals surface area (Å²) in [7, 11) is 0. The Balaban J connectivity index is 2.20. The minimum atomic E-state index is -0.175. The van der Waals surface area contributed by atoms with E-state index in [1.807, 2.05) is 0 Å². The van der Waals surface area contributed by atoms with Crippen molar-refractivity contribution >= 4 is 11.6 Å². The molecule has 1 aliphatic rings. The summed E-state index contributed by atoms with van der Waals surface area (Å²) < 4.78 is 5.85. The van der Waals surface area contributed by atoms with Crippen molar-refractivity contribution in [3.8, 4) is 0 Å². The number of rotatable bonds is 2. The molecule has 2 rings (SSSR count). The minimum absolute atomic E-state index is 0.175. The Kier molecular flexibility index (Phi) is 3.17. The molecular weight excluding hydrogens is 218 g/mol. The molecule has 6 heteroatoms. The highest BCUT2D eigenvalue weighted by Crippen LogP contribution is 2.24. The number of hydrogen-bond acceptors (Lipinski definition) is 6. The Bertz CT molecular complexity index is 395. The monoisotopic (exact) mass is 237 g/mol. The van der Waals surface area contributed by atoms with E-state index < -0.39 is 0 Å². The van der Waals surface area contributed by atoms with Gasteiger partial charge >= 0.3 is 0 Å². The van der Waals surface area contributed by atoms with Crippen molar-refractivity contribution < 1.29 is 4.74 Å². The van der Waals surface area contributed by atoms with E-state index in [1.165, 1.54) is 0 Å². The molecule has 17 heavy (non-hydrogen) atoms. The molecule has 1 atom stereocenters. The molecule has 1 unspecified atom stereocenters. The van der Waals surface area contributed by atoms with E-state index in [2.05, 4.69) is 41.1 Å². The predicted octanol–water partition coefficient (Wildman–Crippen LogP) is 0.766. The highest BCUT2D eigenvalue weighted by atomic mass is 16.5. The van der Waals surface area contributed by atoms with Crippen LogP contribution in [0.3, 0.4) is 0 Å². The first-order chi connectivity index (χ1) is 8.00. The third-order valence-electron chi connectivity index (χ3n) is 2.66. The number of aromatic nitrogens is 2. The molecule has 94 valence electrons. The first-order valence-corrected chi connectivity index (χ1v) is 5.71. The highest BCUT2D eigenvalue weighted by Gasteiger charge is 2.32. The summed E-state index contributed by atoms with van der Waals surface area (Å²) in [5.41, 5.74) is 2.33. The number of nitrogens with zero attached hydrogens (tertiary/aromatic N) is 3. The molecule has 0 spiro atoms. The molecule has 0 bridgehead atoms. The molecule has 1 fully saturated rings. The number of anilines is 2. The summed E-state index contributed by atoms with van der Waals surface area (Å²) in [6.07, 6.45) is 3.52. The van der Waals surface area contributed by atoms with Crippen molar-refractivity contribution in [2.45, 2.75) is 32.5 Å². The minimum Gasteiger partial charge on any atom is -0.369 e. The topological polar surface area (TPSA) is 76.3 Å². The molecule has 0 aromatic carbocycles. The number of ether oxygens (including phenoxy) is 1. The van der Waals surface area contributed by atoms with Gasteiger partial charge in [0.2, 0.25) is 0 Å². The van der Waals surface area contributed by atoms with Gasteiger partial charge in [-0.25, -0.2) is 10.8 Å². The molecule has 1 saturated heterocycles. The zero-order chi connectivity index (χ0) is 12.5.